The average Bonchev–Trinajstić information content (AvgIpc) is 3.36. The van der Waals surface area contributed by atoms with Crippen LogP contribution in [0.2, 0.25) is 0 Å². The van der Waals surface area contributed by atoms with Crippen LogP contribution in [-0.4, -0.2) is 36.7 Å². The van der Waals surface area contributed by atoms with Gasteiger partial charge >= 0.3 is 0 Å². The Balaban J connectivity index is 1.61. The van der Waals surface area contributed by atoms with Gasteiger partial charge in [-0.2, -0.15) is 0 Å². The third-order valence-corrected chi connectivity index (χ3v) is 5.03. The van der Waals surface area contributed by atoms with Crippen molar-refractivity contribution in [1.29, 1.82) is 0 Å². The van der Waals surface area contributed by atoms with Crippen LogP contribution < -0.4 is 18.9 Å². The Hall–Kier alpha value is -2.60. The van der Waals surface area contributed by atoms with E-state index < -0.39 is 0 Å². The van der Waals surface area contributed by atoms with E-state index in [-0.39, 0.29) is 25.4 Å². The fourth-order valence-electron chi connectivity index (χ4n) is 3.84. The third-order valence-electron chi connectivity index (χ3n) is 5.03. The second-order valence-corrected chi connectivity index (χ2v) is 6.52. The van der Waals surface area contributed by atoms with Crippen molar-refractivity contribution in [1.82, 2.24) is 4.90 Å². The highest BCUT2D eigenvalue weighted by Gasteiger charge is 2.30. The van der Waals surface area contributed by atoms with Crippen LogP contribution in [0.4, 0.5) is 0 Å². The fourth-order valence-corrected chi connectivity index (χ4v) is 3.84. The Morgan fingerprint density at radius 1 is 0.800 bits per heavy atom. The van der Waals surface area contributed by atoms with Crippen molar-refractivity contribution in [3.8, 4) is 28.7 Å². The Morgan fingerprint density at radius 3 is 2.20 bits per heavy atom. The van der Waals surface area contributed by atoms with Crippen LogP contribution in [0.15, 0.2) is 30.3 Å². The summed E-state index contributed by atoms with van der Waals surface area (Å²) in [6, 6.07) is 9.46. The van der Waals surface area contributed by atoms with Gasteiger partial charge in [0.05, 0.1) is 6.04 Å². The van der Waals surface area contributed by atoms with Gasteiger partial charge in [0.15, 0.2) is 23.0 Å². The van der Waals surface area contributed by atoms with Crippen molar-refractivity contribution < 1.29 is 24.1 Å². The van der Waals surface area contributed by atoms with Crippen molar-refractivity contribution in [2.24, 2.45) is 0 Å². The van der Waals surface area contributed by atoms with Crippen LogP contribution in [0, 0.1) is 0 Å². The summed E-state index contributed by atoms with van der Waals surface area (Å²) in [7, 11) is 0. The molecule has 1 N–H and O–H groups in total. The number of ether oxygens (including phenoxy) is 4. The van der Waals surface area contributed by atoms with E-state index in [4.69, 9.17) is 18.9 Å². The molecule has 2 aromatic rings. The van der Waals surface area contributed by atoms with Crippen molar-refractivity contribution in [2.45, 2.75) is 18.9 Å². The molecule has 3 aliphatic rings. The summed E-state index contributed by atoms with van der Waals surface area (Å²) in [5.74, 6) is 3.00. The molecule has 1 saturated heterocycles. The maximum Gasteiger partial charge on any atom is 0.231 e. The number of nitrogens with zero attached hydrogens (tertiary/aromatic N) is 1. The molecule has 1 fully saturated rings. The molecule has 2 aromatic carbocycles. The third kappa shape index (κ3) is 2.44. The van der Waals surface area contributed by atoms with E-state index in [9.17, 15) is 5.11 Å². The minimum atomic E-state index is -0.0634. The normalized spacial score (nSPS) is 19.4. The van der Waals surface area contributed by atoms with Gasteiger partial charge in [0, 0.05) is 11.6 Å². The molecule has 3 heterocycles. The molecular formula is C19H19NO5. The molecule has 0 aromatic heterocycles. The standard InChI is InChI=1S/C19H19NO5/c21-14-9-18-17(24-11-25-18)8-13(14)19(20-5-1-2-6-20)12-3-4-15-16(7-12)23-10-22-15/h3-4,7-9,19,21H,1-2,5-6,10-11H2/t19-/m1/s1. The zero-order chi connectivity index (χ0) is 16.8. The minimum Gasteiger partial charge on any atom is -0.507 e. The molecule has 3 aliphatic heterocycles. The molecule has 0 spiro atoms. The van der Waals surface area contributed by atoms with Gasteiger partial charge in [0.2, 0.25) is 13.6 Å². The lowest BCUT2D eigenvalue weighted by Crippen LogP contribution is -2.26. The number of phenolic OH excluding ortho intramolecular Hbond substituents is 1. The van der Waals surface area contributed by atoms with E-state index in [0.717, 1.165) is 48.6 Å². The number of phenols is 1. The number of fused-ring (bicyclic) bond motifs is 2. The molecule has 6 nitrogen and oxygen atoms in total. The van der Waals surface area contributed by atoms with Crippen molar-refractivity contribution in [2.75, 3.05) is 26.7 Å². The highest BCUT2D eigenvalue weighted by atomic mass is 16.7. The zero-order valence-electron chi connectivity index (χ0n) is 13.7. The summed E-state index contributed by atoms with van der Waals surface area (Å²) < 4.78 is 21.9. The van der Waals surface area contributed by atoms with Crippen molar-refractivity contribution >= 4 is 0 Å². The second kappa shape index (κ2) is 5.74. The van der Waals surface area contributed by atoms with Gasteiger partial charge in [-0.1, -0.05) is 6.07 Å². The molecule has 0 amide bonds. The fraction of sp³-hybridized carbons (Fsp3) is 0.368. The molecule has 6 heteroatoms. The van der Waals surface area contributed by atoms with Crippen LogP contribution >= 0.6 is 0 Å². The van der Waals surface area contributed by atoms with Gasteiger partial charge in [-0.3, -0.25) is 4.90 Å². The number of hydrogen-bond donors (Lipinski definition) is 1. The minimum absolute atomic E-state index is 0.0634. The van der Waals surface area contributed by atoms with E-state index in [1.807, 2.05) is 24.3 Å². The van der Waals surface area contributed by atoms with E-state index in [1.54, 1.807) is 6.07 Å². The quantitative estimate of drug-likeness (QED) is 0.926. The lowest BCUT2D eigenvalue weighted by atomic mass is 9.95. The van der Waals surface area contributed by atoms with Crippen molar-refractivity contribution in [3.63, 3.8) is 0 Å². The van der Waals surface area contributed by atoms with Crippen LogP contribution in [-0.2, 0) is 0 Å². The molecule has 1 atom stereocenters. The lowest BCUT2D eigenvalue weighted by Gasteiger charge is -2.29. The molecule has 5 rings (SSSR count). The summed E-state index contributed by atoms with van der Waals surface area (Å²) in [6.45, 7) is 2.43. The Bertz CT molecular complexity index is 816. The zero-order valence-corrected chi connectivity index (χ0v) is 13.7. The summed E-state index contributed by atoms with van der Waals surface area (Å²) in [6.07, 6.45) is 2.32. The van der Waals surface area contributed by atoms with E-state index >= 15 is 0 Å². The van der Waals surface area contributed by atoms with Crippen molar-refractivity contribution in [3.05, 3.63) is 41.5 Å². The summed E-state index contributed by atoms with van der Waals surface area (Å²) in [4.78, 5) is 2.38. The summed E-state index contributed by atoms with van der Waals surface area (Å²) >= 11 is 0. The van der Waals surface area contributed by atoms with E-state index in [2.05, 4.69) is 4.90 Å². The molecule has 130 valence electrons. The lowest BCUT2D eigenvalue weighted by molar-refractivity contribution is 0.173. The van der Waals surface area contributed by atoms with E-state index in [0.29, 0.717) is 11.5 Å². The molecular weight excluding hydrogens is 322 g/mol. The first kappa shape index (κ1) is 14.7. The first-order valence-electron chi connectivity index (χ1n) is 8.56. The van der Waals surface area contributed by atoms with Gasteiger partial charge in [-0.15, -0.1) is 0 Å². The van der Waals surface area contributed by atoms with Gasteiger partial charge < -0.3 is 24.1 Å². The van der Waals surface area contributed by atoms with Gasteiger partial charge in [-0.25, -0.2) is 0 Å². The monoisotopic (exact) mass is 341 g/mol. The number of benzene rings is 2. The molecule has 25 heavy (non-hydrogen) atoms. The Morgan fingerprint density at radius 2 is 1.44 bits per heavy atom. The van der Waals surface area contributed by atoms with Crippen LogP contribution in [0.3, 0.4) is 0 Å². The number of likely N-dealkylation sites (tertiary alicyclic amines) is 1. The number of hydrogen-bond acceptors (Lipinski definition) is 6. The summed E-state index contributed by atoms with van der Waals surface area (Å²) in [5.41, 5.74) is 1.89. The second-order valence-electron chi connectivity index (χ2n) is 6.52. The topological polar surface area (TPSA) is 60.4 Å². The first-order valence-corrected chi connectivity index (χ1v) is 8.56. The number of rotatable bonds is 3. The van der Waals surface area contributed by atoms with Gasteiger partial charge in [0.1, 0.15) is 5.75 Å². The maximum absolute atomic E-state index is 10.6. The number of aromatic hydroxyl groups is 1. The Kier molecular flexibility index (Phi) is 3.38. The molecule has 0 saturated carbocycles. The van der Waals surface area contributed by atoms with Gasteiger partial charge in [0.25, 0.3) is 0 Å². The first-order chi connectivity index (χ1) is 12.3. The highest BCUT2D eigenvalue weighted by molar-refractivity contribution is 5.55. The SMILES string of the molecule is Oc1cc2c(cc1[C@@H](c1ccc3c(c1)OCO3)N1CCCC1)OCO2. The predicted molar refractivity (Wildman–Crippen MR) is 89.4 cm³/mol. The largest absolute Gasteiger partial charge is 0.507 e. The molecule has 0 unspecified atom stereocenters. The highest BCUT2D eigenvalue weighted by Crippen LogP contribution is 2.45. The summed E-state index contributed by atoms with van der Waals surface area (Å²) in [5, 5.41) is 10.6. The van der Waals surface area contributed by atoms with Crippen LogP contribution in [0.1, 0.15) is 30.0 Å². The van der Waals surface area contributed by atoms with Crippen LogP contribution in [0.25, 0.3) is 0 Å². The average molecular weight is 341 g/mol. The smallest absolute Gasteiger partial charge is 0.231 e. The maximum atomic E-state index is 10.6. The molecule has 0 bridgehead atoms. The predicted octanol–water partition coefficient (Wildman–Crippen LogP) is 3.03. The van der Waals surface area contributed by atoms with Crippen LogP contribution in [0.5, 0.6) is 28.7 Å². The van der Waals surface area contributed by atoms with Gasteiger partial charge in [-0.05, 0) is 49.7 Å². The van der Waals surface area contributed by atoms with E-state index in [1.165, 1.54) is 0 Å². The Labute approximate surface area is 145 Å². The molecule has 0 radical (unpaired) electrons. The molecule has 0 aliphatic carbocycles.